The van der Waals surface area contributed by atoms with Gasteiger partial charge in [-0.15, -0.1) is 0 Å². The maximum atomic E-state index is 12.8. The number of unbranched alkanes of at least 4 members (excludes halogenated alkanes) is 8. The average Bonchev–Trinajstić information content (AvgIpc) is 3.30. The molecule has 362 valence electrons. The molecule has 0 heterocycles. The summed E-state index contributed by atoms with van der Waals surface area (Å²) in [4.78, 5) is 37.9. The van der Waals surface area contributed by atoms with Gasteiger partial charge in [-0.25, -0.2) is 0 Å². The summed E-state index contributed by atoms with van der Waals surface area (Å²) in [6.07, 6.45) is 74.2. The molecule has 0 rings (SSSR count). The van der Waals surface area contributed by atoms with Crippen molar-refractivity contribution in [3.05, 3.63) is 146 Å². The summed E-state index contributed by atoms with van der Waals surface area (Å²) in [7, 11) is 0. The molecule has 6 nitrogen and oxygen atoms in total. The highest BCUT2D eigenvalue weighted by molar-refractivity contribution is 5.71. The van der Waals surface area contributed by atoms with Crippen LogP contribution < -0.4 is 0 Å². The quantitative estimate of drug-likeness (QED) is 0.0263. The summed E-state index contributed by atoms with van der Waals surface area (Å²) >= 11 is 0. The zero-order chi connectivity index (χ0) is 47.2. The molecule has 6 heteroatoms. The van der Waals surface area contributed by atoms with Crippen molar-refractivity contribution < 1.29 is 28.6 Å². The lowest BCUT2D eigenvalue weighted by Gasteiger charge is -2.18. The van der Waals surface area contributed by atoms with E-state index in [1.165, 1.54) is 12.8 Å². The Hall–Kier alpha value is -4.71. The molecular weight excluding hydrogens is 805 g/mol. The van der Waals surface area contributed by atoms with Gasteiger partial charge in [-0.3, -0.25) is 14.4 Å². The van der Waals surface area contributed by atoms with Crippen LogP contribution in [0.15, 0.2) is 146 Å². The molecule has 1 unspecified atom stereocenters. The Bertz CT molecular complexity index is 1490. The van der Waals surface area contributed by atoms with Crippen LogP contribution in [0.2, 0.25) is 0 Å². The van der Waals surface area contributed by atoms with Crippen molar-refractivity contribution >= 4 is 17.9 Å². The van der Waals surface area contributed by atoms with Crippen molar-refractivity contribution in [2.45, 2.75) is 194 Å². The molecule has 0 aliphatic rings. The first-order chi connectivity index (χ1) is 32.0. The van der Waals surface area contributed by atoms with Crippen LogP contribution in [0.5, 0.6) is 0 Å². The molecule has 0 bridgehead atoms. The SMILES string of the molecule is CC/C=C\C/C=C\C/C=C\C/C=C\C/C=C\CCCC(=O)OC(COC(=O)CCC/C=C\C/C=C\C/C=C\CC)COC(=O)CCCCCCCC/C=C\C/C=C\C/C=C\C/C=C\CC. The van der Waals surface area contributed by atoms with Crippen molar-refractivity contribution in [3.63, 3.8) is 0 Å². The lowest BCUT2D eigenvalue weighted by atomic mass is 10.1. The molecule has 0 aliphatic carbocycles. The summed E-state index contributed by atoms with van der Waals surface area (Å²) in [6, 6.07) is 0. The Morgan fingerprint density at radius 2 is 0.569 bits per heavy atom. The van der Waals surface area contributed by atoms with E-state index in [2.05, 4.69) is 167 Å². The van der Waals surface area contributed by atoms with Crippen LogP contribution in [-0.4, -0.2) is 37.2 Å². The van der Waals surface area contributed by atoms with Crippen LogP contribution in [0.1, 0.15) is 188 Å². The van der Waals surface area contributed by atoms with Gasteiger partial charge in [0.05, 0.1) is 0 Å². The smallest absolute Gasteiger partial charge is 0.306 e. The van der Waals surface area contributed by atoms with Crippen LogP contribution in [0.4, 0.5) is 0 Å². The molecule has 0 N–H and O–H groups in total. The first kappa shape index (κ1) is 60.3. The molecule has 0 aromatic carbocycles. The Kier molecular flexibility index (Phi) is 48.2. The lowest BCUT2D eigenvalue weighted by molar-refractivity contribution is -0.167. The number of hydrogen-bond acceptors (Lipinski definition) is 6. The highest BCUT2D eigenvalue weighted by Crippen LogP contribution is 2.11. The summed E-state index contributed by atoms with van der Waals surface area (Å²) in [6.45, 7) is 6.15. The molecular formula is C59H90O6. The summed E-state index contributed by atoms with van der Waals surface area (Å²) < 4.78 is 16.7. The van der Waals surface area contributed by atoms with Crippen molar-refractivity contribution in [2.75, 3.05) is 13.2 Å². The zero-order valence-corrected chi connectivity index (χ0v) is 41.2. The molecule has 0 fully saturated rings. The van der Waals surface area contributed by atoms with E-state index in [1.807, 2.05) is 0 Å². The number of hydrogen-bond donors (Lipinski definition) is 0. The average molecular weight is 895 g/mol. The minimum absolute atomic E-state index is 0.131. The third kappa shape index (κ3) is 50.2. The maximum Gasteiger partial charge on any atom is 0.306 e. The zero-order valence-electron chi connectivity index (χ0n) is 41.2. The third-order valence-electron chi connectivity index (χ3n) is 9.82. The Labute approximate surface area is 397 Å². The second kappa shape index (κ2) is 51.9. The van der Waals surface area contributed by atoms with Gasteiger partial charge in [0.15, 0.2) is 6.10 Å². The van der Waals surface area contributed by atoms with Crippen molar-refractivity contribution in [3.8, 4) is 0 Å². The topological polar surface area (TPSA) is 78.9 Å². The predicted molar refractivity (Wildman–Crippen MR) is 279 cm³/mol. The van der Waals surface area contributed by atoms with Crippen molar-refractivity contribution in [2.24, 2.45) is 0 Å². The van der Waals surface area contributed by atoms with Gasteiger partial charge in [0.25, 0.3) is 0 Å². The van der Waals surface area contributed by atoms with E-state index in [0.29, 0.717) is 19.3 Å². The summed E-state index contributed by atoms with van der Waals surface area (Å²) in [5.41, 5.74) is 0. The third-order valence-corrected chi connectivity index (χ3v) is 9.82. The van der Waals surface area contributed by atoms with Gasteiger partial charge >= 0.3 is 17.9 Å². The van der Waals surface area contributed by atoms with Gasteiger partial charge in [-0.2, -0.15) is 0 Å². The van der Waals surface area contributed by atoms with Crippen molar-refractivity contribution in [1.29, 1.82) is 0 Å². The summed E-state index contributed by atoms with van der Waals surface area (Å²) in [5.74, 6) is -1.07. The fourth-order valence-corrected chi connectivity index (χ4v) is 6.14. The number of allylic oxidation sites excluding steroid dienone is 24. The Balaban J connectivity index is 4.55. The van der Waals surface area contributed by atoms with Crippen molar-refractivity contribution in [1.82, 2.24) is 0 Å². The number of carbonyl (C=O) groups is 3. The number of ether oxygens (including phenoxy) is 3. The predicted octanol–water partition coefficient (Wildman–Crippen LogP) is 16.9. The Morgan fingerprint density at radius 1 is 0.308 bits per heavy atom. The molecule has 1 atom stereocenters. The van der Waals surface area contributed by atoms with E-state index in [9.17, 15) is 14.4 Å². The van der Waals surface area contributed by atoms with E-state index in [4.69, 9.17) is 14.2 Å². The highest BCUT2D eigenvalue weighted by Gasteiger charge is 2.19. The molecule has 0 aromatic rings. The molecule has 0 saturated heterocycles. The first-order valence-corrected chi connectivity index (χ1v) is 25.3. The van der Waals surface area contributed by atoms with Gasteiger partial charge in [0, 0.05) is 19.3 Å². The van der Waals surface area contributed by atoms with E-state index in [1.54, 1.807) is 0 Å². The molecule has 0 saturated carbocycles. The van der Waals surface area contributed by atoms with Crippen LogP contribution in [0.25, 0.3) is 0 Å². The molecule has 0 aliphatic heterocycles. The lowest BCUT2D eigenvalue weighted by Crippen LogP contribution is -2.30. The second-order valence-electron chi connectivity index (χ2n) is 15.9. The maximum absolute atomic E-state index is 12.8. The van der Waals surface area contributed by atoms with Crippen LogP contribution in [-0.2, 0) is 28.6 Å². The molecule has 65 heavy (non-hydrogen) atoms. The van der Waals surface area contributed by atoms with E-state index >= 15 is 0 Å². The Morgan fingerprint density at radius 3 is 0.923 bits per heavy atom. The van der Waals surface area contributed by atoms with E-state index in [-0.39, 0.29) is 38.0 Å². The van der Waals surface area contributed by atoms with E-state index in [0.717, 1.165) is 122 Å². The largest absolute Gasteiger partial charge is 0.462 e. The van der Waals surface area contributed by atoms with Crippen LogP contribution in [0.3, 0.4) is 0 Å². The fraction of sp³-hybridized carbons (Fsp3) is 0.542. The molecule has 0 radical (unpaired) electrons. The number of esters is 3. The summed E-state index contributed by atoms with van der Waals surface area (Å²) in [5, 5.41) is 0. The number of rotatable bonds is 43. The fourth-order valence-electron chi connectivity index (χ4n) is 6.14. The minimum atomic E-state index is -0.840. The molecule has 0 spiro atoms. The first-order valence-electron chi connectivity index (χ1n) is 25.3. The monoisotopic (exact) mass is 895 g/mol. The van der Waals surface area contributed by atoms with Crippen LogP contribution >= 0.6 is 0 Å². The van der Waals surface area contributed by atoms with Gasteiger partial charge in [0.2, 0.25) is 0 Å². The van der Waals surface area contributed by atoms with Gasteiger partial charge in [-0.1, -0.05) is 192 Å². The standard InChI is InChI=1S/C59H90O6/c1-4-7-10-13-16-19-22-24-26-28-29-31-32-34-37-40-43-46-49-52-58(61)64-55-56(54-63-57(60)51-48-45-42-39-36-21-18-15-12-9-6-3)65-59(62)53-50-47-44-41-38-35-33-30-27-25-23-20-17-14-11-8-5-2/h7-12,16-21,24-27,29,31,33,35,39,41-42,44,56H,4-6,13-15,22-23,28,30,32,34,36-38,40,43,45-55H2,1-3H3/b10-7-,11-8-,12-9-,19-16-,20-17-,21-18-,26-24-,27-25-,31-29-,35-33-,42-39-,44-41-. The minimum Gasteiger partial charge on any atom is -0.462 e. The van der Waals surface area contributed by atoms with Gasteiger partial charge in [-0.05, 0) is 122 Å². The molecule has 0 aromatic heterocycles. The molecule has 0 amide bonds. The van der Waals surface area contributed by atoms with Gasteiger partial charge in [0.1, 0.15) is 13.2 Å². The normalized spacial score (nSPS) is 13.3. The second-order valence-corrected chi connectivity index (χ2v) is 15.9. The van der Waals surface area contributed by atoms with E-state index < -0.39 is 12.1 Å². The van der Waals surface area contributed by atoms with Gasteiger partial charge < -0.3 is 14.2 Å². The number of carbonyl (C=O) groups excluding carboxylic acids is 3. The van der Waals surface area contributed by atoms with Crippen LogP contribution in [0, 0.1) is 0 Å². The highest BCUT2D eigenvalue weighted by atomic mass is 16.6.